The molecule has 1 aromatic carbocycles. The van der Waals surface area contributed by atoms with Gasteiger partial charge in [-0.15, -0.1) is 4.13 Å². The number of pyridine rings is 1. The molecule has 0 bridgehead atoms. The molecule has 4 rings (SSSR count). The van der Waals surface area contributed by atoms with Gasteiger partial charge < -0.3 is 0 Å². The van der Waals surface area contributed by atoms with Gasteiger partial charge in [0.15, 0.2) is 5.82 Å². The highest BCUT2D eigenvalue weighted by molar-refractivity contribution is 8.04. The summed E-state index contributed by atoms with van der Waals surface area (Å²) in [5.74, 6) is 0.866. The molecule has 1 aliphatic rings. The van der Waals surface area contributed by atoms with Gasteiger partial charge in [-0.05, 0) is 55.5 Å². The van der Waals surface area contributed by atoms with Crippen LogP contribution in [0.25, 0.3) is 5.82 Å². The topological polar surface area (TPSA) is 111 Å². The lowest BCUT2D eigenvalue weighted by Gasteiger charge is -2.22. The van der Waals surface area contributed by atoms with Crippen LogP contribution >= 0.6 is 0 Å². The second-order valence-electron chi connectivity index (χ2n) is 7.69. The van der Waals surface area contributed by atoms with E-state index < -0.39 is 20.0 Å². The van der Waals surface area contributed by atoms with Crippen molar-refractivity contribution in [1.82, 2.24) is 18.9 Å². The van der Waals surface area contributed by atoms with Crippen LogP contribution in [-0.2, 0) is 20.0 Å². The maximum absolute atomic E-state index is 12.8. The summed E-state index contributed by atoms with van der Waals surface area (Å²) in [6.45, 7) is 1.54. The van der Waals surface area contributed by atoms with Crippen LogP contribution in [0.4, 0.5) is 0 Å². The molecule has 31 heavy (non-hydrogen) atoms. The number of sulfonamides is 2. The van der Waals surface area contributed by atoms with Crippen molar-refractivity contribution in [1.29, 1.82) is 0 Å². The van der Waals surface area contributed by atoms with E-state index in [2.05, 4.69) is 10.1 Å². The third-order valence-corrected chi connectivity index (χ3v) is 9.23. The van der Waals surface area contributed by atoms with Crippen molar-refractivity contribution in [2.75, 3.05) is 0 Å². The second kappa shape index (κ2) is 8.52. The average Bonchev–Trinajstić information content (AvgIpc) is 3.17. The minimum Gasteiger partial charge on any atom is -0.237 e. The van der Waals surface area contributed by atoms with Crippen LogP contribution in [0.1, 0.15) is 49.3 Å². The third-order valence-electron chi connectivity index (χ3n) is 5.61. The summed E-state index contributed by atoms with van der Waals surface area (Å²) in [6.07, 6.45) is 8.46. The lowest BCUT2D eigenvalue weighted by atomic mass is 9.84. The summed E-state index contributed by atoms with van der Waals surface area (Å²) in [7, 11) is -8.64. The molecule has 0 aliphatic heterocycles. The van der Waals surface area contributed by atoms with E-state index in [1.807, 2.05) is 4.13 Å². The first kappa shape index (κ1) is 21.7. The molecule has 3 aromatic rings. The van der Waals surface area contributed by atoms with Crippen LogP contribution in [0, 0.1) is 6.92 Å². The Balaban J connectivity index is 1.57. The number of nitrogens with one attached hydrogen (secondary N) is 1. The Morgan fingerprint density at radius 3 is 2.29 bits per heavy atom. The molecule has 1 N–H and O–H groups in total. The Morgan fingerprint density at radius 1 is 0.935 bits per heavy atom. The number of benzene rings is 1. The van der Waals surface area contributed by atoms with E-state index in [-0.39, 0.29) is 15.5 Å². The highest BCUT2D eigenvalue weighted by atomic mass is 32.3. The zero-order valence-electron chi connectivity index (χ0n) is 17.1. The highest BCUT2D eigenvalue weighted by Crippen LogP contribution is 2.33. The van der Waals surface area contributed by atoms with E-state index in [0.717, 1.165) is 24.6 Å². The zero-order valence-corrected chi connectivity index (χ0v) is 18.7. The molecule has 0 radical (unpaired) electrons. The molecule has 2 aromatic heterocycles. The van der Waals surface area contributed by atoms with Crippen LogP contribution in [-0.4, -0.2) is 31.6 Å². The minimum atomic E-state index is -4.36. The summed E-state index contributed by atoms with van der Waals surface area (Å²) in [5.41, 5.74) is 1.35. The standard InChI is InChI=1S/C21H24N4O4S2/c1-16-20(15-23-25(16)21-9-5-6-14-22-21)31(28,29)24-30(26,27)19-12-10-18(11-13-19)17-7-3-2-4-8-17/h5-6,9-15,17,24H,2-4,7-8H2,1H3. The van der Waals surface area contributed by atoms with E-state index in [1.165, 1.54) is 36.1 Å². The van der Waals surface area contributed by atoms with Crippen molar-refractivity contribution in [2.45, 2.75) is 54.7 Å². The molecular weight excluding hydrogens is 436 g/mol. The predicted molar refractivity (Wildman–Crippen MR) is 116 cm³/mol. The first-order valence-electron chi connectivity index (χ1n) is 10.1. The van der Waals surface area contributed by atoms with Crippen LogP contribution < -0.4 is 4.13 Å². The maximum atomic E-state index is 12.8. The molecule has 0 atom stereocenters. The smallest absolute Gasteiger partial charge is 0.237 e. The van der Waals surface area contributed by atoms with Gasteiger partial charge in [0.1, 0.15) is 4.90 Å². The van der Waals surface area contributed by atoms with E-state index in [1.54, 1.807) is 43.5 Å². The minimum absolute atomic E-state index is 0.0922. The van der Waals surface area contributed by atoms with Gasteiger partial charge in [0, 0.05) is 6.20 Å². The molecule has 2 heterocycles. The van der Waals surface area contributed by atoms with Gasteiger partial charge in [0.05, 0.1) is 16.8 Å². The monoisotopic (exact) mass is 460 g/mol. The quantitative estimate of drug-likeness (QED) is 0.604. The van der Waals surface area contributed by atoms with Gasteiger partial charge in [-0.25, -0.2) is 26.5 Å². The SMILES string of the molecule is Cc1c(S(=O)(=O)NS(=O)(=O)c2ccc(C3CCCCC3)cc2)cnn1-c1ccccn1. The molecule has 8 nitrogen and oxygen atoms in total. The molecule has 0 saturated heterocycles. The van der Waals surface area contributed by atoms with Crippen LogP contribution in [0.2, 0.25) is 0 Å². The molecule has 1 saturated carbocycles. The van der Waals surface area contributed by atoms with E-state index in [0.29, 0.717) is 11.7 Å². The number of hydrogen-bond acceptors (Lipinski definition) is 6. The van der Waals surface area contributed by atoms with Crippen molar-refractivity contribution in [3.8, 4) is 5.82 Å². The first-order valence-corrected chi connectivity index (χ1v) is 13.1. The average molecular weight is 461 g/mol. The lowest BCUT2D eigenvalue weighted by molar-refractivity contribution is 0.443. The van der Waals surface area contributed by atoms with Crippen molar-refractivity contribution in [3.05, 3.63) is 66.1 Å². The van der Waals surface area contributed by atoms with Crippen molar-refractivity contribution in [2.24, 2.45) is 0 Å². The van der Waals surface area contributed by atoms with Gasteiger partial charge in [-0.1, -0.05) is 37.5 Å². The van der Waals surface area contributed by atoms with E-state index in [9.17, 15) is 16.8 Å². The molecule has 0 amide bonds. The lowest BCUT2D eigenvalue weighted by Crippen LogP contribution is -2.31. The maximum Gasteiger partial charge on any atom is 0.257 e. The van der Waals surface area contributed by atoms with Gasteiger partial charge in [-0.3, -0.25) is 0 Å². The Kier molecular flexibility index (Phi) is 5.96. The Hall–Kier alpha value is -2.56. The van der Waals surface area contributed by atoms with Crippen molar-refractivity contribution >= 4 is 20.0 Å². The number of hydrogen-bond donors (Lipinski definition) is 1. The van der Waals surface area contributed by atoms with Gasteiger partial charge in [-0.2, -0.15) is 5.10 Å². The van der Waals surface area contributed by atoms with Crippen LogP contribution in [0.3, 0.4) is 0 Å². The summed E-state index contributed by atoms with van der Waals surface area (Å²) in [6, 6.07) is 11.6. The normalized spacial score (nSPS) is 15.8. The van der Waals surface area contributed by atoms with Crippen LogP contribution in [0.5, 0.6) is 0 Å². The Morgan fingerprint density at radius 2 is 1.65 bits per heavy atom. The molecule has 1 fully saturated rings. The van der Waals surface area contributed by atoms with Gasteiger partial charge >= 0.3 is 0 Å². The highest BCUT2D eigenvalue weighted by Gasteiger charge is 2.28. The van der Waals surface area contributed by atoms with Crippen LogP contribution in [0.15, 0.2) is 64.6 Å². The van der Waals surface area contributed by atoms with E-state index >= 15 is 0 Å². The molecule has 164 valence electrons. The summed E-state index contributed by atoms with van der Waals surface area (Å²) < 4.78 is 54.4. The Bertz CT molecular complexity index is 1260. The first-order chi connectivity index (χ1) is 14.8. The number of aromatic nitrogens is 3. The molecule has 0 spiro atoms. The summed E-state index contributed by atoms with van der Waals surface area (Å²) in [4.78, 5) is 3.83. The molecule has 10 heteroatoms. The fourth-order valence-electron chi connectivity index (χ4n) is 3.96. The molecular formula is C21H24N4O4S2. The van der Waals surface area contributed by atoms with Crippen molar-refractivity contribution < 1.29 is 16.8 Å². The zero-order chi connectivity index (χ0) is 22.1. The van der Waals surface area contributed by atoms with Crippen molar-refractivity contribution in [3.63, 3.8) is 0 Å². The fourth-order valence-corrected chi connectivity index (χ4v) is 7.02. The predicted octanol–water partition coefficient (Wildman–Crippen LogP) is 3.29. The second-order valence-corrected chi connectivity index (χ2v) is 11.3. The summed E-state index contributed by atoms with van der Waals surface area (Å²) >= 11 is 0. The molecule has 0 unspecified atom stereocenters. The van der Waals surface area contributed by atoms with Gasteiger partial charge in [0.25, 0.3) is 20.0 Å². The number of rotatable bonds is 6. The Labute approximate surface area is 182 Å². The van der Waals surface area contributed by atoms with E-state index in [4.69, 9.17) is 0 Å². The number of nitrogens with zero attached hydrogens (tertiary/aromatic N) is 3. The van der Waals surface area contributed by atoms with Gasteiger partial charge in [0.2, 0.25) is 0 Å². The third kappa shape index (κ3) is 4.56. The largest absolute Gasteiger partial charge is 0.257 e. The summed E-state index contributed by atoms with van der Waals surface area (Å²) in [5, 5.41) is 4.06. The fraction of sp³-hybridized carbons (Fsp3) is 0.333. The molecule has 1 aliphatic carbocycles.